The maximum atomic E-state index is 12.6. The first-order chi connectivity index (χ1) is 12.3. The van der Waals surface area contributed by atoms with Crippen molar-refractivity contribution in [1.29, 1.82) is 0 Å². The van der Waals surface area contributed by atoms with Gasteiger partial charge in [-0.1, -0.05) is 38.6 Å². The fourth-order valence-electron chi connectivity index (χ4n) is 2.53. The molecule has 0 saturated heterocycles. The molecule has 0 aliphatic rings. The Labute approximate surface area is 156 Å². The molecule has 1 unspecified atom stereocenters. The third-order valence-corrected chi connectivity index (χ3v) is 4.95. The highest BCUT2D eigenvalue weighted by Crippen LogP contribution is 2.27. The lowest BCUT2D eigenvalue weighted by Crippen LogP contribution is -2.26. The van der Waals surface area contributed by atoms with Gasteiger partial charge in [-0.25, -0.2) is 4.68 Å². The SMILES string of the molecule is CC(Sc1nnc(C(C)(C)C)n1N)C(=O)Nc1cccc2ncccc12. The molecule has 26 heavy (non-hydrogen) atoms. The van der Waals surface area contributed by atoms with Gasteiger partial charge >= 0.3 is 0 Å². The molecule has 1 atom stereocenters. The molecule has 7 nitrogen and oxygen atoms in total. The normalized spacial score (nSPS) is 12.9. The summed E-state index contributed by atoms with van der Waals surface area (Å²) in [7, 11) is 0. The second kappa shape index (κ2) is 6.95. The van der Waals surface area contributed by atoms with Gasteiger partial charge in [0.05, 0.1) is 16.5 Å². The summed E-state index contributed by atoms with van der Waals surface area (Å²) < 4.78 is 1.45. The highest BCUT2D eigenvalue weighted by Gasteiger charge is 2.25. The molecule has 3 aromatic rings. The fourth-order valence-corrected chi connectivity index (χ4v) is 3.30. The predicted octanol–water partition coefficient (Wildman–Crippen LogP) is 2.96. The Kier molecular flexibility index (Phi) is 4.86. The first kappa shape index (κ1) is 18.2. The maximum Gasteiger partial charge on any atom is 0.237 e. The van der Waals surface area contributed by atoms with Crippen LogP contribution in [-0.2, 0) is 10.2 Å². The van der Waals surface area contributed by atoms with Gasteiger partial charge < -0.3 is 11.2 Å². The van der Waals surface area contributed by atoms with Crippen LogP contribution in [0.3, 0.4) is 0 Å². The van der Waals surface area contributed by atoms with Gasteiger partial charge in [-0.15, -0.1) is 10.2 Å². The van der Waals surface area contributed by atoms with E-state index in [-0.39, 0.29) is 16.6 Å². The topological polar surface area (TPSA) is 98.7 Å². The molecule has 0 aliphatic carbocycles. The Morgan fingerprint density at radius 3 is 2.69 bits per heavy atom. The fraction of sp³-hybridized carbons (Fsp3) is 0.333. The number of thioether (sulfide) groups is 1. The molecule has 0 fully saturated rings. The number of amides is 1. The molecule has 3 rings (SSSR count). The number of carbonyl (C=O) groups is 1. The smallest absolute Gasteiger partial charge is 0.237 e. The number of nitrogens with zero attached hydrogens (tertiary/aromatic N) is 4. The lowest BCUT2D eigenvalue weighted by molar-refractivity contribution is -0.115. The number of benzene rings is 1. The van der Waals surface area contributed by atoms with E-state index in [1.54, 1.807) is 6.20 Å². The summed E-state index contributed by atoms with van der Waals surface area (Å²) in [5, 5.41) is 12.3. The highest BCUT2D eigenvalue weighted by molar-refractivity contribution is 8.00. The van der Waals surface area contributed by atoms with E-state index < -0.39 is 0 Å². The standard InChI is InChI=1S/C18H22N6OS/c1-11(26-17-23-22-16(24(17)19)18(2,3)4)15(25)21-14-9-5-8-13-12(14)7-6-10-20-13/h5-11H,19H2,1-4H3,(H,21,25). The summed E-state index contributed by atoms with van der Waals surface area (Å²) in [5.41, 5.74) is 1.35. The van der Waals surface area contributed by atoms with Crippen LogP contribution in [0.2, 0.25) is 0 Å². The molecule has 0 bridgehead atoms. The van der Waals surface area contributed by atoms with Crippen LogP contribution in [0.4, 0.5) is 5.69 Å². The molecule has 3 N–H and O–H groups in total. The van der Waals surface area contributed by atoms with Crippen molar-refractivity contribution in [2.24, 2.45) is 0 Å². The molecule has 0 saturated carbocycles. The summed E-state index contributed by atoms with van der Waals surface area (Å²) in [5.74, 6) is 6.64. The van der Waals surface area contributed by atoms with Crippen LogP contribution in [0.1, 0.15) is 33.5 Å². The van der Waals surface area contributed by atoms with E-state index in [1.807, 2.05) is 58.0 Å². The summed E-state index contributed by atoms with van der Waals surface area (Å²) in [4.78, 5) is 16.9. The van der Waals surface area contributed by atoms with E-state index >= 15 is 0 Å². The van der Waals surface area contributed by atoms with Crippen molar-refractivity contribution >= 4 is 34.3 Å². The third kappa shape index (κ3) is 3.65. The van der Waals surface area contributed by atoms with Gasteiger partial charge in [0.2, 0.25) is 11.1 Å². The zero-order valence-electron chi connectivity index (χ0n) is 15.2. The van der Waals surface area contributed by atoms with Crippen molar-refractivity contribution in [3.05, 3.63) is 42.4 Å². The number of anilines is 1. The van der Waals surface area contributed by atoms with E-state index in [2.05, 4.69) is 20.5 Å². The molecule has 136 valence electrons. The van der Waals surface area contributed by atoms with Crippen molar-refractivity contribution < 1.29 is 4.79 Å². The number of nitrogens with two attached hydrogens (primary N) is 1. The molecule has 1 aromatic carbocycles. The van der Waals surface area contributed by atoms with Gasteiger partial charge in [0.25, 0.3) is 0 Å². The maximum absolute atomic E-state index is 12.6. The zero-order valence-corrected chi connectivity index (χ0v) is 16.0. The number of hydrogen-bond donors (Lipinski definition) is 2. The number of carbonyl (C=O) groups excluding carboxylic acids is 1. The molecular formula is C18H22N6OS. The molecule has 2 aromatic heterocycles. The highest BCUT2D eigenvalue weighted by atomic mass is 32.2. The van der Waals surface area contributed by atoms with Crippen LogP contribution in [0.15, 0.2) is 41.7 Å². The number of nitrogens with one attached hydrogen (secondary N) is 1. The van der Waals surface area contributed by atoms with Crippen LogP contribution < -0.4 is 11.2 Å². The zero-order chi connectivity index (χ0) is 18.9. The van der Waals surface area contributed by atoms with Crippen molar-refractivity contribution in [3.63, 3.8) is 0 Å². The lowest BCUT2D eigenvalue weighted by Gasteiger charge is -2.17. The van der Waals surface area contributed by atoms with Crippen LogP contribution in [-0.4, -0.2) is 31.0 Å². The second-order valence-corrected chi connectivity index (χ2v) is 8.36. The lowest BCUT2D eigenvalue weighted by atomic mass is 9.96. The minimum Gasteiger partial charge on any atom is -0.336 e. The summed E-state index contributed by atoms with van der Waals surface area (Å²) >= 11 is 1.28. The Hall–Kier alpha value is -2.61. The van der Waals surface area contributed by atoms with Crippen molar-refractivity contribution in [2.75, 3.05) is 11.2 Å². The number of aromatic nitrogens is 4. The van der Waals surface area contributed by atoms with Crippen molar-refractivity contribution in [2.45, 2.75) is 43.5 Å². The minimum absolute atomic E-state index is 0.133. The number of pyridine rings is 1. The molecule has 0 aliphatic heterocycles. The van der Waals surface area contributed by atoms with E-state index in [1.165, 1.54) is 16.4 Å². The molecular weight excluding hydrogens is 348 g/mol. The molecule has 0 spiro atoms. The van der Waals surface area contributed by atoms with E-state index in [4.69, 9.17) is 5.84 Å². The van der Waals surface area contributed by atoms with Crippen molar-refractivity contribution in [3.8, 4) is 0 Å². The van der Waals surface area contributed by atoms with Crippen molar-refractivity contribution in [1.82, 2.24) is 19.9 Å². The Balaban J connectivity index is 1.75. The minimum atomic E-state index is -0.388. The van der Waals surface area contributed by atoms with Gasteiger partial charge in [0.15, 0.2) is 5.82 Å². The average molecular weight is 370 g/mol. The first-order valence-corrected chi connectivity index (χ1v) is 9.17. The summed E-state index contributed by atoms with van der Waals surface area (Å²) in [6.45, 7) is 7.85. The molecule has 0 radical (unpaired) electrons. The van der Waals surface area contributed by atoms with Gasteiger partial charge in [0, 0.05) is 17.0 Å². The number of rotatable bonds is 4. The third-order valence-electron chi connectivity index (χ3n) is 3.89. The molecule has 2 heterocycles. The van der Waals surface area contributed by atoms with E-state index in [9.17, 15) is 4.79 Å². The monoisotopic (exact) mass is 370 g/mol. The number of fused-ring (bicyclic) bond motifs is 1. The van der Waals surface area contributed by atoms with E-state index in [0.717, 1.165) is 16.6 Å². The predicted molar refractivity (Wildman–Crippen MR) is 105 cm³/mol. The summed E-state index contributed by atoms with van der Waals surface area (Å²) in [6.07, 6.45) is 1.73. The van der Waals surface area contributed by atoms with Crippen LogP contribution in [0, 0.1) is 0 Å². The Morgan fingerprint density at radius 2 is 2.00 bits per heavy atom. The summed E-state index contributed by atoms with van der Waals surface area (Å²) in [6, 6.07) is 9.42. The first-order valence-electron chi connectivity index (χ1n) is 8.29. The van der Waals surface area contributed by atoms with Crippen LogP contribution in [0.5, 0.6) is 0 Å². The molecule has 1 amide bonds. The number of nitrogen functional groups attached to an aromatic ring is 1. The number of hydrogen-bond acceptors (Lipinski definition) is 6. The average Bonchev–Trinajstić information content (AvgIpc) is 2.96. The quantitative estimate of drug-likeness (QED) is 0.541. The Morgan fingerprint density at radius 1 is 1.23 bits per heavy atom. The Bertz CT molecular complexity index is 941. The van der Waals surface area contributed by atoms with Gasteiger partial charge in [-0.3, -0.25) is 9.78 Å². The van der Waals surface area contributed by atoms with Gasteiger partial charge in [0.1, 0.15) is 0 Å². The molecule has 8 heteroatoms. The van der Waals surface area contributed by atoms with Crippen LogP contribution >= 0.6 is 11.8 Å². The second-order valence-electron chi connectivity index (χ2n) is 7.05. The van der Waals surface area contributed by atoms with Gasteiger partial charge in [-0.05, 0) is 31.2 Å². The van der Waals surface area contributed by atoms with E-state index in [0.29, 0.717) is 11.0 Å². The van der Waals surface area contributed by atoms with Gasteiger partial charge in [-0.2, -0.15) is 0 Å². The largest absolute Gasteiger partial charge is 0.336 e. The van der Waals surface area contributed by atoms with Crippen LogP contribution in [0.25, 0.3) is 10.9 Å².